The summed E-state index contributed by atoms with van der Waals surface area (Å²) in [5.74, 6) is -3.67. The highest BCUT2D eigenvalue weighted by atomic mass is 32.2. The molecule has 3 rings (SSSR count). The Morgan fingerprint density at radius 2 is 1.80 bits per heavy atom. The number of oxime groups is 1. The molecule has 3 amide bonds. The fourth-order valence-corrected chi connectivity index (χ4v) is 5.15. The number of hydrogen-bond donors (Lipinski definition) is 5. The molecular weight excluding hydrogens is 686 g/mol. The molecule has 6 N–H and O–H groups in total. The summed E-state index contributed by atoms with van der Waals surface area (Å²) in [4.78, 5) is 69.4. The van der Waals surface area contributed by atoms with E-state index in [0.717, 1.165) is 16.1 Å². The highest BCUT2D eigenvalue weighted by molar-refractivity contribution is 7.84. The second-order valence-electron chi connectivity index (χ2n) is 9.42. The van der Waals surface area contributed by atoms with E-state index in [1.54, 1.807) is 0 Å². The number of hydrogen-bond acceptors (Lipinski definition) is 17. The van der Waals surface area contributed by atoms with Gasteiger partial charge in [-0.15, -0.1) is 11.3 Å². The summed E-state index contributed by atoms with van der Waals surface area (Å²) >= 11 is 0.853. The van der Waals surface area contributed by atoms with Crippen LogP contribution in [0.2, 0.25) is 0 Å². The van der Waals surface area contributed by atoms with Crippen LogP contribution in [0.25, 0.3) is 0 Å². The van der Waals surface area contributed by atoms with Crippen molar-refractivity contribution in [2.24, 2.45) is 5.16 Å². The molecule has 22 nitrogen and oxygen atoms in total. The van der Waals surface area contributed by atoms with Crippen molar-refractivity contribution in [1.29, 1.82) is 0 Å². The van der Waals surface area contributed by atoms with Crippen LogP contribution in [0.5, 0.6) is 0 Å². The number of rotatable bonds is 13. The minimum Gasteiger partial charge on any atom is -0.458 e. The third kappa shape index (κ3) is 9.03. The Hall–Kier alpha value is -4.98. The van der Waals surface area contributed by atoms with Crippen molar-refractivity contribution in [1.82, 2.24) is 19.3 Å². The minimum atomic E-state index is -5.27. The number of β-lactam (4-membered cyclic amide) rings is 1. The number of ether oxygens (including phenoxy) is 2. The lowest BCUT2D eigenvalue weighted by Crippen LogP contribution is -2.73. The summed E-state index contributed by atoms with van der Waals surface area (Å²) in [5.41, 5.74) is 3.05. The molecular formula is C21H23N7O15S3. The lowest BCUT2D eigenvalue weighted by Gasteiger charge is -2.43. The number of amides is 3. The van der Waals surface area contributed by atoms with E-state index in [2.05, 4.69) is 20.2 Å². The molecule has 0 aliphatic carbocycles. The van der Waals surface area contributed by atoms with Gasteiger partial charge in [-0.2, -0.15) is 21.6 Å². The van der Waals surface area contributed by atoms with Gasteiger partial charge in [0.25, 0.3) is 17.5 Å². The first-order valence-corrected chi connectivity index (χ1v) is 15.8. The summed E-state index contributed by atoms with van der Waals surface area (Å²) in [6.45, 7) is 0.995. The molecule has 1 aliphatic rings. The number of carbonyl (C=O) groups excluding carboxylic acids is 4. The number of benzene rings is 1. The summed E-state index contributed by atoms with van der Waals surface area (Å²) in [6.07, 6.45) is -1.79. The largest absolute Gasteiger partial charge is 0.458 e. The van der Waals surface area contributed by atoms with E-state index in [9.17, 15) is 50.7 Å². The van der Waals surface area contributed by atoms with Gasteiger partial charge < -0.3 is 25.4 Å². The van der Waals surface area contributed by atoms with Crippen molar-refractivity contribution in [2.75, 3.05) is 12.3 Å². The molecule has 0 bridgehead atoms. The fraction of sp³-hybridized carbons (Fsp3) is 0.333. The molecule has 1 fully saturated rings. The van der Waals surface area contributed by atoms with Gasteiger partial charge in [0.2, 0.25) is 5.60 Å². The highest BCUT2D eigenvalue weighted by Gasteiger charge is 2.55. The molecule has 1 aliphatic heterocycles. The van der Waals surface area contributed by atoms with Crippen LogP contribution in [0.1, 0.15) is 25.1 Å². The standard InChI is InChI=1S/C21H23N7O15S3/c1-21(2,18(31)41-7-10-3-5-11(6-4-10)28(33)34)43-25-14(12-9-44-19(22)23-12)16(29)24-15-13(27(17(15)30)46(38,39)40)8-42-20(32)26-45(35,36)37/h3-6,9,13,15H,7-8H2,1-2H3,(H2,22,23)(H,24,29)(H,26,32)(H,35,36,37)(H,38,39,40)/b25-14-/t13-,15+/m0/s1. The van der Waals surface area contributed by atoms with Crippen LogP contribution in [-0.4, -0.2) is 94.0 Å². The fourth-order valence-electron chi connectivity index (χ4n) is 3.46. The summed E-state index contributed by atoms with van der Waals surface area (Å²) in [6, 6.07) is 1.48. The van der Waals surface area contributed by atoms with Crippen molar-refractivity contribution in [3.63, 3.8) is 0 Å². The SMILES string of the molecule is CC(C)(O/N=C(\C(=O)N[C@H]1C(=O)N(S(=O)(=O)O)[C@H]1COC(=O)NS(=O)(=O)O)c1csc(N)n1)C(=O)OCc1ccc([N+](=O)[O-])cc1. The smallest absolute Gasteiger partial charge is 0.422 e. The molecule has 2 atom stereocenters. The van der Waals surface area contributed by atoms with Gasteiger partial charge in [0.05, 0.1) is 4.92 Å². The van der Waals surface area contributed by atoms with Crippen LogP contribution in [0.15, 0.2) is 34.8 Å². The van der Waals surface area contributed by atoms with E-state index in [-0.39, 0.29) is 27.4 Å². The van der Waals surface area contributed by atoms with Crippen molar-refractivity contribution in [3.8, 4) is 0 Å². The summed E-state index contributed by atoms with van der Waals surface area (Å²) < 4.78 is 73.4. The van der Waals surface area contributed by atoms with E-state index < -0.39 is 79.4 Å². The maximum absolute atomic E-state index is 13.2. The first-order chi connectivity index (χ1) is 21.2. The number of nitro groups is 1. The number of carbonyl (C=O) groups is 4. The maximum Gasteiger partial charge on any atom is 0.422 e. The van der Waals surface area contributed by atoms with Crippen molar-refractivity contribution < 1.29 is 64.4 Å². The molecule has 0 radical (unpaired) electrons. The third-order valence-electron chi connectivity index (χ3n) is 5.66. The number of anilines is 1. The lowest BCUT2D eigenvalue weighted by molar-refractivity contribution is -0.384. The predicted molar refractivity (Wildman–Crippen MR) is 151 cm³/mol. The van der Waals surface area contributed by atoms with Crippen LogP contribution >= 0.6 is 11.3 Å². The van der Waals surface area contributed by atoms with Crippen molar-refractivity contribution in [2.45, 2.75) is 38.1 Å². The second kappa shape index (κ2) is 13.6. The zero-order chi connectivity index (χ0) is 34.6. The normalized spacial score (nSPS) is 17.0. The van der Waals surface area contributed by atoms with E-state index >= 15 is 0 Å². The number of nitro benzene ring substituents is 1. The van der Waals surface area contributed by atoms with Crippen LogP contribution in [0, 0.1) is 10.1 Å². The molecule has 1 aromatic carbocycles. The molecule has 46 heavy (non-hydrogen) atoms. The van der Waals surface area contributed by atoms with Crippen LogP contribution in [0.4, 0.5) is 15.6 Å². The Balaban J connectivity index is 1.77. The molecule has 2 heterocycles. The molecule has 25 heteroatoms. The van der Waals surface area contributed by atoms with Gasteiger partial charge in [-0.05, 0) is 31.5 Å². The molecule has 0 spiro atoms. The molecule has 1 saturated heterocycles. The van der Waals surface area contributed by atoms with E-state index in [4.69, 9.17) is 19.9 Å². The Kier molecular flexibility index (Phi) is 10.5. The number of non-ortho nitro benzene ring substituents is 1. The van der Waals surface area contributed by atoms with Crippen molar-refractivity contribution in [3.05, 3.63) is 51.0 Å². The number of nitrogens with one attached hydrogen (secondary N) is 2. The first-order valence-electron chi connectivity index (χ1n) is 12.1. The number of aromatic nitrogens is 1. The lowest BCUT2D eigenvalue weighted by atomic mass is 9.99. The molecule has 0 unspecified atom stereocenters. The highest BCUT2D eigenvalue weighted by Crippen LogP contribution is 2.25. The number of nitrogens with zero attached hydrogens (tertiary/aromatic N) is 4. The molecule has 2 aromatic rings. The summed E-state index contributed by atoms with van der Waals surface area (Å²) in [7, 11) is -10.3. The number of thiazole rings is 1. The third-order valence-corrected chi connectivity index (χ3v) is 7.70. The van der Waals surface area contributed by atoms with Gasteiger partial charge in [0.15, 0.2) is 10.8 Å². The topological polar surface area (TPSA) is 326 Å². The Bertz CT molecular complexity index is 1790. The second-order valence-corrected chi connectivity index (χ2v) is 12.8. The van der Waals surface area contributed by atoms with E-state index in [1.807, 2.05) is 0 Å². The molecule has 250 valence electrons. The average molecular weight is 710 g/mol. The van der Waals surface area contributed by atoms with E-state index in [0.29, 0.717) is 5.56 Å². The quantitative estimate of drug-likeness (QED) is 0.0411. The monoisotopic (exact) mass is 709 g/mol. The van der Waals surface area contributed by atoms with Gasteiger partial charge in [-0.3, -0.25) is 28.8 Å². The van der Waals surface area contributed by atoms with Gasteiger partial charge in [-0.25, -0.2) is 18.9 Å². The summed E-state index contributed by atoms with van der Waals surface area (Å²) in [5, 5.41) is 17.7. The van der Waals surface area contributed by atoms with Gasteiger partial charge in [0, 0.05) is 17.5 Å². The molecule has 0 saturated carbocycles. The zero-order valence-electron chi connectivity index (χ0n) is 23.2. The van der Waals surface area contributed by atoms with Gasteiger partial charge in [0.1, 0.15) is 31.0 Å². The Morgan fingerprint density at radius 1 is 1.17 bits per heavy atom. The Labute approximate surface area is 262 Å². The van der Waals surface area contributed by atoms with E-state index in [1.165, 1.54) is 43.5 Å². The number of nitrogens with two attached hydrogens (primary N) is 1. The first kappa shape index (κ1) is 35.5. The number of nitrogen functional groups attached to an aromatic ring is 1. The minimum absolute atomic E-state index is 0.0503. The average Bonchev–Trinajstić information content (AvgIpc) is 3.36. The van der Waals surface area contributed by atoms with Gasteiger partial charge in [-0.1, -0.05) is 5.16 Å². The molecule has 1 aromatic heterocycles. The van der Waals surface area contributed by atoms with Crippen LogP contribution in [0.3, 0.4) is 0 Å². The maximum atomic E-state index is 13.2. The van der Waals surface area contributed by atoms with Gasteiger partial charge >= 0.3 is 32.7 Å². The van der Waals surface area contributed by atoms with Crippen LogP contribution < -0.4 is 15.8 Å². The zero-order valence-corrected chi connectivity index (χ0v) is 25.7. The van der Waals surface area contributed by atoms with Crippen molar-refractivity contribution >= 4 is 72.4 Å². The number of esters is 1. The van der Waals surface area contributed by atoms with Crippen LogP contribution in [-0.2, 0) is 55.9 Å². The Morgan fingerprint density at radius 3 is 2.33 bits per heavy atom. The predicted octanol–water partition coefficient (Wildman–Crippen LogP) is -1.10.